The van der Waals surface area contributed by atoms with Crippen molar-refractivity contribution in [2.45, 2.75) is 43.7 Å². The average Bonchev–Trinajstić information content (AvgIpc) is 3.44. The molecule has 0 unspecified atom stereocenters. The van der Waals surface area contributed by atoms with Gasteiger partial charge in [-0.2, -0.15) is 4.31 Å². The largest absolute Gasteiger partial charge is 0.419 e. The van der Waals surface area contributed by atoms with Gasteiger partial charge in [-0.25, -0.2) is 8.42 Å². The molecule has 1 saturated carbocycles. The third kappa shape index (κ3) is 3.83. The van der Waals surface area contributed by atoms with E-state index >= 15 is 0 Å². The van der Waals surface area contributed by atoms with Crippen LogP contribution in [0.5, 0.6) is 0 Å². The monoisotopic (exact) mass is 417 g/mol. The molecule has 1 aliphatic carbocycles. The van der Waals surface area contributed by atoms with E-state index in [0.717, 1.165) is 24.8 Å². The first-order valence-electron chi connectivity index (χ1n) is 9.17. The van der Waals surface area contributed by atoms with E-state index in [2.05, 4.69) is 10.2 Å². The topological polar surface area (TPSA) is 76.3 Å². The number of hydrogen-bond donors (Lipinski definition) is 0. The summed E-state index contributed by atoms with van der Waals surface area (Å²) in [6, 6.07) is 14.1. The van der Waals surface area contributed by atoms with Crippen LogP contribution in [0.15, 0.2) is 57.8 Å². The average molecular weight is 418 g/mol. The first-order chi connectivity index (χ1) is 13.5. The highest BCUT2D eigenvalue weighted by molar-refractivity contribution is 7.89. The van der Waals surface area contributed by atoms with Crippen molar-refractivity contribution in [1.82, 2.24) is 14.5 Å². The quantitative estimate of drug-likeness (QED) is 0.572. The molecule has 0 aliphatic heterocycles. The zero-order chi connectivity index (χ0) is 19.7. The maximum Gasteiger partial charge on any atom is 0.249 e. The number of nitrogens with zero attached hydrogens (tertiary/aromatic N) is 3. The lowest BCUT2D eigenvalue weighted by molar-refractivity contribution is 0.351. The summed E-state index contributed by atoms with van der Waals surface area (Å²) < 4.78 is 33.5. The predicted molar refractivity (Wildman–Crippen MR) is 106 cm³/mol. The minimum Gasteiger partial charge on any atom is -0.419 e. The lowest BCUT2D eigenvalue weighted by Crippen LogP contribution is -2.32. The molecule has 28 heavy (non-hydrogen) atoms. The fourth-order valence-corrected chi connectivity index (χ4v) is 4.85. The Bertz CT molecular complexity index is 1080. The Kier molecular flexibility index (Phi) is 5.23. The highest BCUT2D eigenvalue weighted by Gasteiger charge is 2.39. The standard InChI is InChI=1S/C20H20ClN3O3S/c1-2-14-7-11-16(12-8-14)28(25,26)24(15-9-10-15)13-19-22-23-20(27-19)17-5-3-4-6-18(17)21/h3-8,11-12,15H,2,9-10,13H2,1H3. The van der Waals surface area contributed by atoms with Crippen LogP contribution in [0.25, 0.3) is 11.5 Å². The van der Waals surface area contributed by atoms with E-state index in [1.807, 2.05) is 31.2 Å². The maximum atomic E-state index is 13.2. The lowest BCUT2D eigenvalue weighted by atomic mass is 10.2. The Morgan fingerprint density at radius 1 is 1.11 bits per heavy atom. The second-order valence-corrected chi connectivity index (χ2v) is 9.06. The van der Waals surface area contributed by atoms with Gasteiger partial charge in [0.05, 0.1) is 22.0 Å². The molecule has 0 radical (unpaired) electrons. The van der Waals surface area contributed by atoms with Crippen molar-refractivity contribution in [1.29, 1.82) is 0 Å². The molecular weight excluding hydrogens is 398 g/mol. The molecule has 1 aromatic heterocycles. The van der Waals surface area contributed by atoms with Crippen molar-refractivity contribution < 1.29 is 12.8 Å². The summed E-state index contributed by atoms with van der Waals surface area (Å²) in [6.07, 6.45) is 2.52. The Balaban J connectivity index is 1.60. The van der Waals surface area contributed by atoms with E-state index in [1.54, 1.807) is 24.3 Å². The zero-order valence-corrected chi connectivity index (χ0v) is 16.9. The van der Waals surface area contributed by atoms with Crippen molar-refractivity contribution >= 4 is 21.6 Å². The highest BCUT2D eigenvalue weighted by Crippen LogP contribution is 2.34. The summed E-state index contributed by atoms with van der Waals surface area (Å²) in [4.78, 5) is 0.280. The molecule has 0 spiro atoms. The second kappa shape index (κ2) is 7.66. The summed E-state index contributed by atoms with van der Waals surface area (Å²) in [7, 11) is -3.65. The van der Waals surface area contributed by atoms with E-state index in [4.69, 9.17) is 16.0 Å². The molecule has 146 valence electrons. The van der Waals surface area contributed by atoms with E-state index in [0.29, 0.717) is 10.6 Å². The van der Waals surface area contributed by atoms with Gasteiger partial charge in [-0.3, -0.25) is 0 Å². The van der Waals surface area contributed by atoms with Crippen molar-refractivity contribution in [3.63, 3.8) is 0 Å². The number of benzene rings is 2. The minimum absolute atomic E-state index is 0.0356. The number of hydrogen-bond acceptors (Lipinski definition) is 5. The van der Waals surface area contributed by atoms with E-state index in [-0.39, 0.29) is 29.3 Å². The molecule has 2 aromatic carbocycles. The molecule has 3 aromatic rings. The number of sulfonamides is 1. The first-order valence-corrected chi connectivity index (χ1v) is 11.0. The van der Waals surface area contributed by atoms with Crippen molar-refractivity contribution in [2.75, 3.05) is 0 Å². The Morgan fingerprint density at radius 2 is 1.82 bits per heavy atom. The normalized spacial score (nSPS) is 14.5. The number of rotatable bonds is 7. The Labute approximate surface area is 169 Å². The summed E-state index contributed by atoms with van der Waals surface area (Å²) >= 11 is 6.18. The van der Waals surface area contributed by atoms with Crippen LogP contribution in [0.3, 0.4) is 0 Å². The van der Waals surface area contributed by atoms with Crippen LogP contribution in [-0.4, -0.2) is 29.0 Å². The predicted octanol–water partition coefficient (Wildman–Crippen LogP) is 4.31. The fraction of sp³-hybridized carbons (Fsp3) is 0.300. The zero-order valence-electron chi connectivity index (χ0n) is 15.4. The van der Waals surface area contributed by atoms with Gasteiger partial charge in [-0.1, -0.05) is 42.8 Å². The van der Waals surface area contributed by atoms with Crippen LogP contribution in [-0.2, 0) is 23.0 Å². The number of aromatic nitrogens is 2. The molecule has 8 heteroatoms. The van der Waals surface area contributed by atoms with Gasteiger partial charge in [0, 0.05) is 6.04 Å². The van der Waals surface area contributed by atoms with Crippen LogP contribution in [0.1, 0.15) is 31.2 Å². The molecular formula is C20H20ClN3O3S. The first kappa shape index (κ1) is 19.1. The van der Waals surface area contributed by atoms with Crippen LogP contribution in [0.2, 0.25) is 5.02 Å². The molecule has 1 aliphatic rings. The van der Waals surface area contributed by atoms with E-state index < -0.39 is 10.0 Å². The minimum atomic E-state index is -3.65. The summed E-state index contributed by atoms with van der Waals surface area (Å²) in [5, 5.41) is 8.57. The Hall–Kier alpha value is -2.22. The number of aryl methyl sites for hydroxylation is 1. The van der Waals surface area contributed by atoms with Gasteiger partial charge < -0.3 is 4.42 Å². The molecule has 1 heterocycles. The third-order valence-electron chi connectivity index (χ3n) is 4.75. The summed E-state index contributed by atoms with van der Waals surface area (Å²) in [6.45, 7) is 2.08. The van der Waals surface area contributed by atoms with Crippen LogP contribution in [0, 0.1) is 0 Å². The van der Waals surface area contributed by atoms with Crippen molar-refractivity contribution in [2.24, 2.45) is 0 Å². The van der Waals surface area contributed by atoms with Gasteiger partial charge in [-0.15, -0.1) is 10.2 Å². The van der Waals surface area contributed by atoms with Crippen LogP contribution in [0.4, 0.5) is 0 Å². The molecule has 0 saturated heterocycles. The van der Waals surface area contributed by atoms with Gasteiger partial charge in [0.1, 0.15) is 0 Å². The molecule has 0 atom stereocenters. The Morgan fingerprint density at radius 3 is 2.46 bits per heavy atom. The smallest absolute Gasteiger partial charge is 0.249 e. The van der Waals surface area contributed by atoms with E-state index in [9.17, 15) is 8.42 Å². The third-order valence-corrected chi connectivity index (χ3v) is 7.00. The SMILES string of the molecule is CCc1ccc(S(=O)(=O)N(Cc2nnc(-c3ccccc3Cl)o2)C2CC2)cc1. The van der Waals surface area contributed by atoms with Gasteiger partial charge in [-0.05, 0) is 49.1 Å². The van der Waals surface area contributed by atoms with Gasteiger partial charge >= 0.3 is 0 Å². The molecule has 0 N–H and O–H groups in total. The second-order valence-electron chi connectivity index (χ2n) is 6.76. The summed E-state index contributed by atoms with van der Waals surface area (Å²) in [5.74, 6) is 0.525. The molecule has 0 bridgehead atoms. The summed E-state index contributed by atoms with van der Waals surface area (Å²) in [5.41, 5.74) is 1.72. The molecule has 4 rings (SSSR count). The lowest BCUT2D eigenvalue weighted by Gasteiger charge is -2.20. The van der Waals surface area contributed by atoms with Gasteiger partial charge in [0.2, 0.25) is 21.8 Å². The maximum absolute atomic E-state index is 13.2. The van der Waals surface area contributed by atoms with Crippen molar-refractivity contribution in [3.05, 3.63) is 65.0 Å². The van der Waals surface area contributed by atoms with E-state index in [1.165, 1.54) is 4.31 Å². The van der Waals surface area contributed by atoms with Gasteiger partial charge in [0.25, 0.3) is 0 Å². The highest BCUT2D eigenvalue weighted by atomic mass is 35.5. The molecule has 1 fully saturated rings. The number of halogens is 1. The van der Waals surface area contributed by atoms with Crippen LogP contribution >= 0.6 is 11.6 Å². The fourth-order valence-electron chi connectivity index (χ4n) is 3.00. The molecule has 0 amide bonds. The van der Waals surface area contributed by atoms with Crippen molar-refractivity contribution in [3.8, 4) is 11.5 Å². The van der Waals surface area contributed by atoms with Gasteiger partial charge in [0.15, 0.2) is 0 Å². The molecule has 6 nitrogen and oxygen atoms in total. The van der Waals surface area contributed by atoms with Crippen LogP contribution < -0.4 is 0 Å².